The molecule has 96 valence electrons. The van der Waals surface area contributed by atoms with Gasteiger partial charge < -0.3 is 10.1 Å². The third kappa shape index (κ3) is 5.13. The minimum absolute atomic E-state index is 0.156. The van der Waals surface area contributed by atoms with Crippen LogP contribution in [0.15, 0.2) is 12.1 Å². The van der Waals surface area contributed by atoms with E-state index < -0.39 is 0 Å². The van der Waals surface area contributed by atoms with Crippen molar-refractivity contribution in [1.82, 2.24) is 15.5 Å². The molecule has 0 aromatic carbocycles. The number of hydrogen-bond donors (Lipinski definition) is 1. The zero-order chi connectivity index (χ0) is 12.8. The fraction of sp³-hybridized carbons (Fsp3) is 0.692. The Labute approximate surface area is 104 Å². The summed E-state index contributed by atoms with van der Waals surface area (Å²) in [7, 11) is 0. The highest BCUT2D eigenvalue weighted by Crippen LogP contribution is 2.12. The second kappa shape index (κ2) is 6.55. The lowest BCUT2D eigenvalue weighted by Gasteiger charge is -2.16. The molecule has 0 saturated heterocycles. The number of nitrogens with one attached hydrogen (secondary N) is 1. The van der Waals surface area contributed by atoms with E-state index in [-0.39, 0.29) is 6.10 Å². The molecule has 0 bridgehead atoms. The predicted molar refractivity (Wildman–Crippen MR) is 68.9 cm³/mol. The summed E-state index contributed by atoms with van der Waals surface area (Å²) < 4.78 is 5.66. The lowest BCUT2D eigenvalue weighted by Crippen LogP contribution is -2.23. The summed E-state index contributed by atoms with van der Waals surface area (Å²) in [6.45, 7) is 11.2. The predicted octanol–water partition coefficient (Wildman–Crippen LogP) is 2.40. The lowest BCUT2D eigenvalue weighted by molar-refractivity contribution is 0.161. The molecule has 0 radical (unpaired) electrons. The molecular formula is C13H23N3O. The Morgan fingerprint density at radius 2 is 1.82 bits per heavy atom. The first-order valence-corrected chi connectivity index (χ1v) is 6.21. The van der Waals surface area contributed by atoms with Gasteiger partial charge in [0, 0.05) is 18.7 Å². The maximum absolute atomic E-state index is 5.66. The van der Waals surface area contributed by atoms with E-state index in [0.717, 1.165) is 12.2 Å². The van der Waals surface area contributed by atoms with Crippen molar-refractivity contribution in [3.8, 4) is 5.88 Å². The molecule has 1 atom stereocenters. The van der Waals surface area contributed by atoms with Crippen molar-refractivity contribution in [1.29, 1.82) is 0 Å². The molecule has 1 heterocycles. The number of aromatic nitrogens is 2. The molecule has 0 amide bonds. The van der Waals surface area contributed by atoms with Gasteiger partial charge in [-0.2, -0.15) is 5.10 Å². The molecule has 1 unspecified atom stereocenters. The first-order chi connectivity index (χ1) is 7.99. The van der Waals surface area contributed by atoms with E-state index in [4.69, 9.17) is 4.74 Å². The fourth-order valence-electron chi connectivity index (χ4n) is 1.14. The highest BCUT2D eigenvalue weighted by molar-refractivity contribution is 5.11. The van der Waals surface area contributed by atoms with Crippen LogP contribution in [0.4, 0.5) is 0 Å². The highest BCUT2D eigenvalue weighted by atomic mass is 16.5. The van der Waals surface area contributed by atoms with Crippen molar-refractivity contribution in [3.63, 3.8) is 0 Å². The zero-order valence-electron chi connectivity index (χ0n) is 11.4. The molecule has 0 aliphatic carbocycles. The Morgan fingerprint density at radius 1 is 1.12 bits per heavy atom. The molecule has 1 aromatic rings. The molecule has 0 fully saturated rings. The van der Waals surface area contributed by atoms with Gasteiger partial charge in [-0.15, -0.1) is 5.10 Å². The average Bonchev–Trinajstić information content (AvgIpc) is 2.28. The Hall–Kier alpha value is -1.16. The average molecular weight is 237 g/mol. The molecule has 0 aliphatic heterocycles. The summed E-state index contributed by atoms with van der Waals surface area (Å²) >= 11 is 0. The van der Waals surface area contributed by atoms with E-state index in [1.165, 1.54) is 0 Å². The SMILES string of the molecule is CC(C)NCc1ccc(OC(C)C(C)C)nn1. The van der Waals surface area contributed by atoms with Gasteiger partial charge >= 0.3 is 0 Å². The Bertz CT molecular complexity index is 322. The van der Waals surface area contributed by atoms with E-state index in [0.29, 0.717) is 17.8 Å². The normalized spacial score (nSPS) is 13.1. The van der Waals surface area contributed by atoms with E-state index in [1.807, 2.05) is 19.1 Å². The van der Waals surface area contributed by atoms with E-state index in [2.05, 4.69) is 43.2 Å². The van der Waals surface area contributed by atoms with Gasteiger partial charge in [0.05, 0.1) is 11.8 Å². The summed E-state index contributed by atoms with van der Waals surface area (Å²) in [5.41, 5.74) is 0.934. The van der Waals surface area contributed by atoms with Gasteiger partial charge in [0.2, 0.25) is 5.88 Å². The fourth-order valence-corrected chi connectivity index (χ4v) is 1.14. The third-order valence-electron chi connectivity index (χ3n) is 2.63. The zero-order valence-corrected chi connectivity index (χ0v) is 11.4. The molecule has 0 aliphatic rings. The number of hydrogen-bond acceptors (Lipinski definition) is 4. The second-order valence-electron chi connectivity index (χ2n) is 4.97. The van der Waals surface area contributed by atoms with Gasteiger partial charge in [0.25, 0.3) is 0 Å². The minimum atomic E-state index is 0.156. The van der Waals surface area contributed by atoms with Gasteiger partial charge in [0.1, 0.15) is 0 Å². The van der Waals surface area contributed by atoms with Gasteiger partial charge in [-0.05, 0) is 18.9 Å². The maximum Gasteiger partial charge on any atom is 0.233 e. The Balaban J connectivity index is 2.50. The van der Waals surface area contributed by atoms with Crippen LogP contribution in [-0.4, -0.2) is 22.3 Å². The Kier molecular flexibility index (Phi) is 5.35. The van der Waals surface area contributed by atoms with Crippen LogP contribution in [0.3, 0.4) is 0 Å². The number of ether oxygens (including phenoxy) is 1. The molecule has 4 nitrogen and oxygen atoms in total. The monoisotopic (exact) mass is 237 g/mol. The largest absolute Gasteiger partial charge is 0.473 e. The van der Waals surface area contributed by atoms with E-state index in [9.17, 15) is 0 Å². The molecule has 4 heteroatoms. The third-order valence-corrected chi connectivity index (χ3v) is 2.63. The van der Waals surface area contributed by atoms with Crippen molar-refractivity contribution in [2.45, 2.75) is 53.3 Å². The summed E-state index contributed by atoms with van der Waals surface area (Å²) in [5, 5.41) is 11.5. The highest BCUT2D eigenvalue weighted by Gasteiger charge is 2.09. The van der Waals surface area contributed by atoms with Crippen LogP contribution in [-0.2, 0) is 6.54 Å². The van der Waals surface area contributed by atoms with Crippen molar-refractivity contribution in [2.75, 3.05) is 0 Å². The summed E-state index contributed by atoms with van der Waals surface area (Å²) in [5.74, 6) is 1.07. The van der Waals surface area contributed by atoms with E-state index in [1.54, 1.807) is 0 Å². The number of nitrogens with zero attached hydrogens (tertiary/aromatic N) is 2. The van der Waals surface area contributed by atoms with Crippen molar-refractivity contribution in [3.05, 3.63) is 17.8 Å². The van der Waals surface area contributed by atoms with Crippen LogP contribution in [0.1, 0.15) is 40.3 Å². The molecule has 1 rings (SSSR count). The van der Waals surface area contributed by atoms with Gasteiger partial charge in [-0.1, -0.05) is 27.7 Å². The number of rotatable bonds is 6. The molecule has 17 heavy (non-hydrogen) atoms. The summed E-state index contributed by atoms with van der Waals surface area (Å²) in [6.07, 6.45) is 0.156. The quantitative estimate of drug-likeness (QED) is 0.825. The Morgan fingerprint density at radius 3 is 2.29 bits per heavy atom. The molecule has 0 saturated carbocycles. The first kappa shape index (κ1) is 13.9. The van der Waals surface area contributed by atoms with E-state index >= 15 is 0 Å². The molecule has 1 aromatic heterocycles. The van der Waals surface area contributed by atoms with Gasteiger partial charge in [-0.25, -0.2) is 0 Å². The molecule has 1 N–H and O–H groups in total. The van der Waals surface area contributed by atoms with Crippen molar-refractivity contribution in [2.24, 2.45) is 5.92 Å². The summed E-state index contributed by atoms with van der Waals surface area (Å²) in [4.78, 5) is 0. The van der Waals surface area contributed by atoms with Crippen LogP contribution in [0.2, 0.25) is 0 Å². The van der Waals surface area contributed by atoms with Crippen molar-refractivity contribution >= 4 is 0 Å². The lowest BCUT2D eigenvalue weighted by atomic mass is 10.1. The summed E-state index contributed by atoms with van der Waals surface area (Å²) in [6, 6.07) is 4.28. The van der Waals surface area contributed by atoms with Crippen LogP contribution < -0.4 is 10.1 Å². The molecular weight excluding hydrogens is 214 g/mol. The topological polar surface area (TPSA) is 47.0 Å². The second-order valence-corrected chi connectivity index (χ2v) is 4.97. The van der Waals surface area contributed by atoms with Crippen LogP contribution in [0.5, 0.6) is 5.88 Å². The van der Waals surface area contributed by atoms with Crippen LogP contribution in [0.25, 0.3) is 0 Å². The smallest absolute Gasteiger partial charge is 0.233 e. The van der Waals surface area contributed by atoms with Crippen molar-refractivity contribution < 1.29 is 4.74 Å². The standard InChI is InChI=1S/C13H23N3O/c1-9(2)11(5)17-13-7-6-12(15-16-13)8-14-10(3)4/h6-7,9-11,14H,8H2,1-5H3. The van der Waals surface area contributed by atoms with Gasteiger partial charge in [-0.3, -0.25) is 0 Å². The van der Waals surface area contributed by atoms with Crippen LogP contribution in [0, 0.1) is 5.92 Å². The minimum Gasteiger partial charge on any atom is -0.473 e. The maximum atomic E-state index is 5.66. The van der Waals surface area contributed by atoms with Crippen LogP contribution >= 0.6 is 0 Å². The molecule has 0 spiro atoms. The first-order valence-electron chi connectivity index (χ1n) is 6.21. The van der Waals surface area contributed by atoms with Gasteiger partial charge in [0.15, 0.2) is 0 Å².